The average Bonchev–Trinajstić information content (AvgIpc) is 2.84. The topological polar surface area (TPSA) is 88.2 Å². The van der Waals surface area contributed by atoms with E-state index in [4.69, 9.17) is 15.7 Å². The zero-order chi connectivity index (χ0) is 14.3. The lowest BCUT2D eigenvalue weighted by atomic mass is 10.3. The number of nitrogens with zero attached hydrogens (tertiary/aromatic N) is 2. The predicted molar refractivity (Wildman–Crippen MR) is 77.8 cm³/mol. The third kappa shape index (κ3) is 5.17. The first-order valence-electron chi connectivity index (χ1n) is 5.58. The normalized spacial score (nSPS) is 11.6. The van der Waals surface area contributed by atoms with E-state index in [-0.39, 0.29) is 11.7 Å². The number of carbonyl (C=O) groups is 1. The van der Waals surface area contributed by atoms with Gasteiger partial charge >= 0.3 is 0 Å². The van der Waals surface area contributed by atoms with Gasteiger partial charge in [0.25, 0.3) is 5.91 Å². The summed E-state index contributed by atoms with van der Waals surface area (Å²) in [5, 5.41) is 11.4. The molecule has 6 nitrogen and oxygen atoms in total. The van der Waals surface area contributed by atoms with Crippen LogP contribution in [0.15, 0.2) is 21.1 Å². The van der Waals surface area contributed by atoms with Crippen LogP contribution < -0.4 is 5.73 Å². The zero-order valence-electron chi connectivity index (χ0n) is 10.5. The maximum Gasteiger partial charge on any atom is 0.264 e. The lowest BCUT2D eigenvalue weighted by molar-refractivity contribution is 0.0705. The Hall–Kier alpha value is -1.12. The van der Waals surface area contributed by atoms with Crippen molar-refractivity contribution in [1.82, 2.24) is 4.90 Å². The fraction of sp³-hybridized carbons (Fsp3) is 0.455. The van der Waals surface area contributed by atoms with Gasteiger partial charge in [-0.15, -0.1) is 11.3 Å². The summed E-state index contributed by atoms with van der Waals surface area (Å²) < 4.78 is 5.89. The van der Waals surface area contributed by atoms with Crippen LogP contribution in [0.2, 0.25) is 0 Å². The Morgan fingerprint density at radius 1 is 1.58 bits per heavy atom. The van der Waals surface area contributed by atoms with Crippen molar-refractivity contribution in [3.8, 4) is 0 Å². The molecule has 0 saturated carbocycles. The number of thiophene rings is 1. The van der Waals surface area contributed by atoms with Crippen LogP contribution in [-0.2, 0) is 4.74 Å². The van der Waals surface area contributed by atoms with Crippen molar-refractivity contribution < 1.29 is 14.7 Å². The quantitative estimate of drug-likeness (QED) is 0.339. The molecule has 3 N–H and O–H groups in total. The van der Waals surface area contributed by atoms with E-state index < -0.39 is 0 Å². The number of halogens is 1. The molecule has 0 unspecified atom stereocenters. The molecule has 1 amide bonds. The van der Waals surface area contributed by atoms with Crippen molar-refractivity contribution in [2.75, 3.05) is 26.8 Å². The molecule has 0 atom stereocenters. The smallest absolute Gasteiger partial charge is 0.264 e. The Bertz CT molecular complexity index is 450. The highest BCUT2D eigenvalue weighted by molar-refractivity contribution is 9.11. The van der Waals surface area contributed by atoms with Gasteiger partial charge in [-0.1, -0.05) is 5.16 Å². The molecule has 0 saturated heterocycles. The molecular weight excluding hydrogens is 334 g/mol. The molecule has 0 aliphatic heterocycles. The summed E-state index contributed by atoms with van der Waals surface area (Å²) in [5.74, 6) is 0.0149. The number of hydrogen-bond donors (Lipinski definition) is 2. The van der Waals surface area contributed by atoms with Crippen LogP contribution in [0.4, 0.5) is 0 Å². The van der Waals surface area contributed by atoms with Gasteiger partial charge in [-0.05, 0) is 28.1 Å². The van der Waals surface area contributed by atoms with Gasteiger partial charge in [0.2, 0.25) is 0 Å². The number of amides is 1. The van der Waals surface area contributed by atoms with Crippen molar-refractivity contribution >= 4 is 39.0 Å². The fourth-order valence-electron chi connectivity index (χ4n) is 1.40. The molecule has 106 valence electrons. The van der Waals surface area contributed by atoms with Crippen molar-refractivity contribution in [3.05, 3.63) is 20.8 Å². The summed E-state index contributed by atoms with van der Waals surface area (Å²) in [7, 11) is 1.58. The largest absolute Gasteiger partial charge is 0.409 e. The highest BCUT2D eigenvalue weighted by Crippen LogP contribution is 2.23. The summed E-state index contributed by atoms with van der Waals surface area (Å²) in [4.78, 5) is 14.5. The van der Waals surface area contributed by atoms with E-state index in [0.29, 0.717) is 31.0 Å². The minimum atomic E-state index is -0.0847. The SMILES string of the molecule is COCCN(CCC(N)=NO)C(=O)c1ccc(Br)s1. The second-order valence-electron chi connectivity index (χ2n) is 3.73. The molecule has 0 radical (unpaired) electrons. The van der Waals surface area contributed by atoms with Crippen molar-refractivity contribution in [2.45, 2.75) is 6.42 Å². The minimum absolute atomic E-state index is 0.0847. The Kier molecular flexibility index (Phi) is 6.82. The van der Waals surface area contributed by atoms with E-state index in [0.717, 1.165) is 3.79 Å². The van der Waals surface area contributed by atoms with Crippen molar-refractivity contribution in [2.24, 2.45) is 10.9 Å². The maximum absolute atomic E-state index is 12.3. The van der Waals surface area contributed by atoms with Crippen LogP contribution in [0.1, 0.15) is 16.1 Å². The fourth-order valence-corrected chi connectivity index (χ4v) is 2.75. The van der Waals surface area contributed by atoms with Crippen LogP contribution in [0, 0.1) is 0 Å². The van der Waals surface area contributed by atoms with Gasteiger partial charge in [0, 0.05) is 26.6 Å². The zero-order valence-corrected chi connectivity index (χ0v) is 12.9. The lowest BCUT2D eigenvalue weighted by Crippen LogP contribution is -2.36. The molecule has 0 bridgehead atoms. The van der Waals surface area contributed by atoms with E-state index in [1.165, 1.54) is 11.3 Å². The molecule has 1 aromatic rings. The Balaban J connectivity index is 2.69. The van der Waals surface area contributed by atoms with Gasteiger partial charge in [0.1, 0.15) is 5.84 Å². The van der Waals surface area contributed by atoms with E-state index in [1.807, 2.05) is 6.07 Å². The number of hydrogen-bond acceptors (Lipinski definition) is 5. The number of methoxy groups -OCH3 is 1. The molecule has 0 aliphatic carbocycles. The minimum Gasteiger partial charge on any atom is -0.409 e. The Morgan fingerprint density at radius 2 is 2.32 bits per heavy atom. The van der Waals surface area contributed by atoms with Gasteiger partial charge < -0.3 is 20.6 Å². The Labute approximate surface area is 124 Å². The molecule has 0 aliphatic rings. The number of amidine groups is 1. The standard InChI is InChI=1S/C11H16BrN3O3S/c1-18-7-6-15(5-4-10(13)14-17)11(16)8-2-3-9(12)19-8/h2-3,17H,4-7H2,1H3,(H2,13,14). The van der Waals surface area contributed by atoms with Gasteiger partial charge in [0.05, 0.1) is 15.3 Å². The van der Waals surface area contributed by atoms with Crippen LogP contribution in [-0.4, -0.2) is 48.7 Å². The van der Waals surface area contributed by atoms with Gasteiger partial charge in [-0.25, -0.2) is 0 Å². The third-order valence-corrected chi connectivity index (χ3v) is 4.01. The number of ether oxygens (including phenoxy) is 1. The summed E-state index contributed by atoms with van der Waals surface area (Å²) in [6.45, 7) is 1.28. The van der Waals surface area contributed by atoms with Gasteiger partial charge in [-0.3, -0.25) is 4.79 Å². The average molecular weight is 350 g/mol. The molecule has 19 heavy (non-hydrogen) atoms. The van der Waals surface area contributed by atoms with Crippen LogP contribution in [0.25, 0.3) is 0 Å². The van der Waals surface area contributed by atoms with Gasteiger partial charge in [0.15, 0.2) is 0 Å². The van der Waals surface area contributed by atoms with E-state index in [9.17, 15) is 4.79 Å². The van der Waals surface area contributed by atoms with Crippen LogP contribution in [0.5, 0.6) is 0 Å². The second-order valence-corrected chi connectivity index (χ2v) is 6.19. The van der Waals surface area contributed by atoms with Crippen molar-refractivity contribution in [3.63, 3.8) is 0 Å². The Morgan fingerprint density at radius 3 is 2.84 bits per heavy atom. The monoisotopic (exact) mass is 349 g/mol. The molecule has 1 rings (SSSR count). The predicted octanol–water partition coefficient (Wildman–Crippen LogP) is 1.74. The first kappa shape index (κ1) is 15.9. The molecule has 1 aromatic heterocycles. The molecule has 1 heterocycles. The highest BCUT2D eigenvalue weighted by Gasteiger charge is 2.17. The highest BCUT2D eigenvalue weighted by atomic mass is 79.9. The number of nitrogens with two attached hydrogens (primary N) is 1. The van der Waals surface area contributed by atoms with Crippen LogP contribution in [0.3, 0.4) is 0 Å². The van der Waals surface area contributed by atoms with E-state index in [1.54, 1.807) is 18.1 Å². The molecule has 0 aromatic carbocycles. The van der Waals surface area contributed by atoms with Crippen molar-refractivity contribution in [1.29, 1.82) is 0 Å². The molecular formula is C11H16BrN3O3S. The number of oxime groups is 1. The first-order chi connectivity index (χ1) is 9.08. The van der Waals surface area contributed by atoms with Crippen LogP contribution >= 0.6 is 27.3 Å². The third-order valence-electron chi connectivity index (χ3n) is 2.40. The second kappa shape index (κ2) is 8.13. The molecule has 0 fully saturated rings. The summed E-state index contributed by atoms with van der Waals surface area (Å²) in [6.07, 6.45) is 0.318. The summed E-state index contributed by atoms with van der Waals surface area (Å²) in [5.41, 5.74) is 5.42. The lowest BCUT2D eigenvalue weighted by Gasteiger charge is -2.21. The maximum atomic E-state index is 12.3. The summed E-state index contributed by atoms with van der Waals surface area (Å²) >= 11 is 4.70. The molecule has 8 heteroatoms. The first-order valence-corrected chi connectivity index (χ1v) is 7.19. The number of carbonyl (C=O) groups excluding carboxylic acids is 1. The van der Waals surface area contributed by atoms with E-state index in [2.05, 4.69) is 21.1 Å². The molecule has 0 spiro atoms. The number of rotatable bonds is 7. The van der Waals surface area contributed by atoms with E-state index >= 15 is 0 Å². The summed E-state index contributed by atoms with van der Waals surface area (Å²) in [6, 6.07) is 3.59. The van der Waals surface area contributed by atoms with Gasteiger partial charge in [-0.2, -0.15) is 0 Å².